The zero-order valence-corrected chi connectivity index (χ0v) is 8.74. The van der Waals surface area contributed by atoms with Gasteiger partial charge >= 0.3 is 35.5 Å². The number of anilines is 1. The van der Waals surface area contributed by atoms with Crippen molar-refractivity contribution in [2.24, 2.45) is 5.14 Å². The molecule has 8 heteroatoms. The second-order valence-corrected chi connectivity index (χ2v) is 4.33. The van der Waals surface area contributed by atoms with Crippen LogP contribution in [0.15, 0.2) is 29.2 Å². The van der Waals surface area contributed by atoms with Crippen molar-refractivity contribution in [1.82, 2.24) is 0 Å². The zero-order chi connectivity index (χ0) is 11.5. The second kappa shape index (κ2) is 6.21. The third kappa shape index (κ3) is 4.95. The van der Waals surface area contributed by atoms with Gasteiger partial charge in [0.1, 0.15) is 0 Å². The molecular formula is C8H11N2NaO4S. The van der Waals surface area contributed by atoms with Gasteiger partial charge < -0.3 is 4.84 Å². The molecule has 1 aromatic carbocycles. The standard InChI is InChI=1S/C8H10N2O4S.Na.H/c1-6(11)14-10-7-2-4-8(5-3-7)15(9,12)13;;/h2-5,10H,1H3,(H2,9,12,13);;. The van der Waals surface area contributed by atoms with Crippen molar-refractivity contribution in [3.8, 4) is 0 Å². The van der Waals surface area contributed by atoms with E-state index in [1.807, 2.05) is 0 Å². The Labute approximate surface area is 115 Å². The Morgan fingerprint density at radius 3 is 2.19 bits per heavy atom. The van der Waals surface area contributed by atoms with Gasteiger partial charge in [0.15, 0.2) is 0 Å². The molecule has 16 heavy (non-hydrogen) atoms. The van der Waals surface area contributed by atoms with Crippen molar-refractivity contribution in [1.29, 1.82) is 0 Å². The first-order valence-electron chi connectivity index (χ1n) is 3.96. The number of rotatable bonds is 3. The number of nitrogens with two attached hydrogens (primary N) is 1. The Bertz CT molecular complexity index is 457. The number of carbonyl (C=O) groups excluding carboxylic acids is 1. The molecule has 0 bridgehead atoms. The minimum absolute atomic E-state index is 0. The minimum atomic E-state index is -3.69. The van der Waals surface area contributed by atoms with Crippen LogP contribution in [0.5, 0.6) is 0 Å². The number of primary sulfonamides is 1. The van der Waals surface area contributed by atoms with Crippen LogP contribution in [0.4, 0.5) is 5.69 Å². The van der Waals surface area contributed by atoms with Gasteiger partial charge in [-0.3, -0.25) is 4.79 Å². The summed E-state index contributed by atoms with van der Waals surface area (Å²) in [6.45, 7) is 1.24. The molecule has 0 heterocycles. The van der Waals surface area contributed by atoms with Gasteiger partial charge in [0.2, 0.25) is 10.0 Å². The van der Waals surface area contributed by atoms with E-state index in [0.29, 0.717) is 5.69 Å². The Morgan fingerprint density at radius 1 is 1.31 bits per heavy atom. The topological polar surface area (TPSA) is 98.5 Å². The van der Waals surface area contributed by atoms with Crippen LogP contribution in [0.2, 0.25) is 0 Å². The van der Waals surface area contributed by atoms with Crippen LogP contribution in [0.25, 0.3) is 0 Å². The third-order valence-electron chi connectivity index (χ3n) is 1.50. The van der Waals surface area contributed by atoms with Crippen LogP contribution in [0.3, 0.4) is 0 Å². The van der Waals surface area contributed by atoms with Gasteiger partial charge in [0.05, 0.1) is 10.6 Å². The Morgan fingerprint density at radius 2 is 1.81 bits per heavy atom. The predicted molar refractivity (Wildman–Crippen MR) is 60.4 cm³/mol. The fraction of sp³-hybridized carbons (Fsp3) is 0.125. The van der Waals surface area contributed by atoms with Crippen molar-refractivity contribution < 1.29 is 18.0 Å². The van der Waals surface area contributed by atoms with E-state index in [1.165, 1.54) is 31.2 Å². The van der Waals surface area contributed by atoms with Gasteiger partial charge in [-0.1, -0.05) is 0 Å². The molecule has 0 aliphatic rings. The normalized spacial score (nSPS) is 10.1. The molecule has 84 valence electrons. The van der Waals surface area contributed by atoms with Crippen molar-refractivity contribution in [2.45, 2.75) is 11.8 Å². The summed E-state index contributed by atoms with van der Waals surface area (Å²) in [4.78, 5) is 14.9. The molecule has 0 radical (unpaired) electrons. The molecule has 0 fully saturated rings. The molecule has 1 aromatic rings. The van der Waals surface area contributed by atoms with Gasteiger partial charge in [-0.25, -0.2) is 19.0 Å². The fourth-order valence-corrected chi connectivity index (χ4v) is 1.36. The van der Waals surface area contributed by atoms with Gasteiger partial charge in [-0.05, 0) is 24.3 Å². The van der Waals surface area contributed by atoms with Crippen LogP contribution < -0.4 is 10.6 Å². The Kier molecular flexibility index (Phi) is 5.98. The van der Waals surface area contributed by atoms with Gasteiger partial charge in [-0.15, -0.1) is 0 Å². The van der Waals surface area contributed by atoms with Crippen LogP contribution >= 0.6 is 0 Å². The fourth-order valence-electron chi connectivity index (χ4n) is 0.843. The number of hydrogen-bond donors (Lipinski definition) is 2. The molecule has 0 saturated carbocycles. The summed E-state index contributed by atoms with van der Waals surface area (Å²) in [5.41, 5.74) is 2.79. The molecule has 1 rings (SSSR count). The summed E-state index contributed by atoms with van der Waals surface area (Å²) in [5, 5.41) is 4.90. The van der Waals surface area contributed by atoms with Crippen LogP contribution in [-0.4, -0.2) is 43.9 Å². The summed E-state index contributed by atoms with van der Waals surface area (Å²) in [6, 6.07) is 5.48. The van der Waals surface area contributed by atoms with Crippen molar-refractivity contribution in [2.75, 3.05) is 5.48 Å². The summed E-state index contributed by atoms with van der Waals surface area (Å²) < 4.78 is 21.8. The monoisotopic (exact) mass is 254 g/mol. The SMILES string of the molecule is CC(=O)ONc1ccc(S(N)(=O)=O)cc1.[NaH]. The Balaban J connectivity index is 0.00000225. The number of sulfonamides is 1. The first-order chi connectivity index (χ1) is 6.89. The number of carbonyl (C=O) groups is 1. The molecule has 0 atom stereocenters. The van der Waals surface area contributed by atoms with Gasteiger partial charge in [0, 0.05) is 6.92 Å². The maximum atomic E-state index is 10.9. The van der Waals surface area contributed by atoms with Crippen molar-refractivity contribution in [3.05, 3.63) is 24.3 Å². The first kappa shape index (κ1) is 15.4. The van der Waals surface area contributed by atoms with Crippen LogP contribution in [0.1, 0.15) is 6.92 Å². The van der Waals surface area contributed by atoms with E-state index in [-0.39, 0.29) is 34.5 Å². The summed E-state index contributed by atoms with van der Waals surface area (Å²) in [5.74, 6) is -0.495. The summed E-state index contributed by atoms with van der Waals surface area (Å²) in [7, 11) is -3.69. The molecule has 3 N–H and O–H groups in total. The van der Waals surface area contributed by atoms with E-state index in [4.69, 9.17) is 5.14 Å². The van der Waals surface area contributed by atoms with Gasteiger partial charge in [-0.2, -0.15) is 0 Å². The quantitative estimate of drug-likeness (QED) is 0.563. The molecule has 0 aliphatic heterocycles. The average Bonchev–Trinajstić information content (AvgIpc) is 2.14. The van der Waals surface area contributed by atoms with E-state index in [2.05, 4.69) is 10.3 Å². The third-order valence-corrected chi connectivity index (χ3v) is 2.42. The Hall–Kier alpha value is -0.600. The number of nitrogens with one attached hydrogen (secondary N) is 1. The summed E-state index contributed by atoms with van der Waals surface area (Å²) >= 11 is 0. The van der Waals surface area contributed by atoms with E-state index in [9.17, 15) is 13.2 Å². The molecule has 0 amide bonds. The molecule has 6 nitrogen and oxygen atoms in total. The van der Waals surface area contributed by atoms with Crippen LogP contribution in [-0.2, 0) is 19.7 Å². The molecule has 0 saturated heterocycles. The van der Waals surface area contributed by atoms with Crippen molar-refractivity contribution in [3.63, 3.8) is 0 Å². The predicted octanol–water partition coefficient (Wildman–Crippen LogP) is -0.425. The zero-order valence-electron chi connectivity index (χ0n) is 7.93. The molecule has 0 aliphatic carbocycles. The first-order valence-corrected chi connectivity index (χ1v) is 5.50. The number of benzene rings is 1. The van der Waals surface area contributed by atoms with E-state index >= 15 is 0 Å². The summed E-state index contributed by atoms with van der Waals surface area (Å²) in [6.07, 6.45) is 0. The van der Waals surface area contributed by atoms with E-state index in [0.717, 1.165) is 0 Å². The molecular weight excluding hydrogens is 243 g/mol. The van der Waals surface area contributed by atoms with E-state index in [1.54, 1.807) is 0 Å². The maximum absolute atomic E-state index is 10.9. The molecule has 0 spiro atoms. The van der Waals surface area contributed by atoms with Gasteiger partial charge in [0.25, 0.3) is 0 Å². The molecule has 0 unspecified atom stereocenters. The van der Waals surface area contributed by atoms with E-state index < -0.39 is 16.0 Å². The second-order valence-electron chi connectivity index (χ2n) is 2.77. The molecule has 0 aromatic heterocycles. The van der Waals surface area contributed by atoms with Crippen LogP contribution in [0, 0.1) is 0 Å². The van der Waals surface area contributed by atoms with Crippen molar-refractivity contribution >= 4 is 51.2 Å². The average molecular weight is 254 g/mol. The number of hydrogen-bond acceptors (Lipinski definition) is 5.